The highest BCUT2D eigenvalue weighted by molar-refractivity contribution is 5.97. The monoisotopic (exact) mass is 420 g/mol. The third-order valence-corrected chi connectivity index (χ3v) is 5.26. The molecule has 1 aliphatic heterocycles. The van der Waals surface area contributed by atoms with Crippen LogP contribution in [0.3, 0.4) is 0 Å². The molecule has 2 heterocycles. The van der Waals surface area contributed by atoms with Crippen molar-refractivity contribution in [3.8, 4) is 5.75 Å². The van der Waals surface area contributed by atoms with E-state index in [-0.39, 0.29) is 30.3 Å². The Labute approximate surface area is 179 Å². The summed E-state index contributed by atoms with van der Waals surface area (Å²) in [6.45, 7) is 0.165. The van der Waals surface area contributed by atoms with E-state index >= 15 is 0 Å². The number of amides is 2. The molecule has 0 spiro atoms. The van der Waals surface area contributed by atoms with Crippen molar-refractivity contribution in [1.82, 2.24) is 14.9 Å². The van der Waals surface area contributed by atoms with Gasteiger partial charge in [0.05, 0.1) is 23.1 Å². The average Bonchev–Trinajstić information content (AvgIpc) is 2.77. The number of rotatable bonds is 5. The van der Waals surface area contributed by atoms with Crippen LogP contribution in [-0.2, 0) is 16.0 Å². The first kappa shape index (κ1) is 20.6. The van der Waals surface area contributed by atoms with Crippen LogP contribution in [0.5, 0.6) is 5.75 Å². The number of aromatic amines is 1. The minimum Gasteiger partial charge on any atom is -0.476 e. The van der Waals surface area contributed by atoms with Gasteiger partial charge in [0.2, 0.25) is 5.91 Å². The van der Waals surface area contributed by atoms with Crippen LogP contribution in [0.25, 0.3) is 10.9 Å². The Bertz CT molecular complexity index is 1190. The summed E-state index contributed by atoms with van der Waals surface area (Å²) < 4.78 is 5.83. The first-order valence-electron chi connectivity index (χ1n) is 10.2. The zero-order valence-corrected chi connectivity index (χ0v) is 17.5. The van der Waals surface area contributed by atoms with Gasteiger partial charge in [-0.05, 0) is 30.7 Å². The largest absolute Gasteiger partial charge is 0.476 e. The second-order valence-corrected chi connectivity index (χ2v) is 7.69. The molecule has 1 aromatic heterocycles. The fraction of sp³-hybridized carbons (Fsp3) is 0.304. The molecule has 0 aliphatic carbocycles. The van der Waals surface area contributed by atoms with Gasteiger partial charge in [-0.2, -0.15) is 0 Å². The topological polar surface area (TPSA) is 95.6 Å². The maximum atomic E-state index is 13.0. The summed E-state index contributed by atoms with van der Waals surface area (Å²) in [4.78, 5) is 48.0. The Hall–Kier alpha value is -3.68. The fourth-order valence-corrected chi connectivity index (χ4v) is 3.68. The lowest BCUT2D eigenvalue weighted by Crippen LogP contribution is -2.50. The van der Waals surface area contributed by atoms with Gasteiger partial charge < -0.3 is 19.5 Å². The highest BCUT2D eigenvalue weighted by atomic mass is 16.5. The Kier molecular flexibility index (Phi) is 5.70. The van der Waals surface area contributed by atoms with Gasteiger partial charge in [0.15, 0.2) is 6.10 Å². The van der Waals surface area contributed by atoms with E-state index in [1.165, 1.54) is 4.90 Å². The molecule has 0 fully saturated rings. The molecule has 1 N–H and O–H groups in total. The molecular weight excluding hydrogens is 396 g/mol. The number of ether oxygens (including phenoxy) is 1. The van der Waals surface area contributed by atoms with Crippen molar-refractivity contribution in [1.29, 1.82) is 0 Å². The van der Waals surface area contributed by atoms with Gasteiger partial charge in [0, 0.05) is 26.9 Å². The quantitative estimate of drug-likeness (QED) is 0.682. The van der Waals surface area contributed by atoms with E-state index in [0.29, 0.717) is 41.0 Å². The average molecular weight is 420 g/mol. The molecule has 0 radical (unpaired) electrons. The van der Waals surface area contributed by atoms with Crippen LogP contribution in [0.4, 0.5) is 5.69 Å². The molecule has 1 aliphatic rings. The number of nitrogens with one attached hydrogen (secondary N) is 1. The molecule has 31 heavy (non-hydrogen) atoms. The lowest BCUT2D eigenvalue weighted by molar-refractivity contribution is -0.136. The summed E-state index contributed by atoms with van der Waals surface area (Å²) in [6, 6.07) is 14.4. The number of fused-ring (bicyclic) bond motifs is 2. The molecule has 0 bridgehead atoms. The minimum atomic E-state index is -0.743. The summed E-state index contributed by atoms with van der Waals surface area (Å²) in [5, 5.41) is 0.545. The van der Waals surface area contributed by atoms with E-state index < -0.39 is 6.10 Å². The van der Waals surface area contributed by atoms with Gasteiger partial charge >= 0.3 is 0 Å². The first-order valence-corrected chi connectivity index (χ1v) is 10.2. The lowest BCUT2D eigenvalue weighted by Gasteiger charge is -2.35. The first-order chi connectivity index (χ1) is 14.9. The van der Waals surface area contributed by atoms with Crippen molar-refractivity contribution in [3.63, 3.8) is 0 Å². The Morgan fingerprint density at radius 1 is 1.16 bits per heavy atom. The molecule has 8 heteroatoms. The van der Waals surface area contributed by atoms with Crippen molar-refractivity contribution in [3.05, 3.63) is 64.7 Å². The lowest BCUT2D eigenvalue weighted by atomic mass is 10.1. The Morgan fingerprint density at radius 2 is 1.90 bits per heavy atom. The van der Waals surface area contributed by atoms with Gasteiger partial charge in [0.1, 0.15) is 11.6 Å². The third kappa shape index (κ3) is 4.28. The second kappa shape index (κ2) is 8.59. The number of benzene rings is 2. The number of likely N-dealkylation sites (N-methyl/N-ethyl adjacent to an activating group) is 1. The smallest absolute Gasteiger partial charge is 0.265 e. The van der Waals surface area contributed by atoms with Crippen molar-refractivity contribution in [2.45, 2.75) is 25.4 Å². The standard InChI is InChI=1S/C23H24N4O4/c1-26(2)23(30)19-14-27(17-10-5-6-11-18(17)31-19)21(28)13-7-12-20-24-16-9-4-3-8-15(16)22(29)25-20/h3-6,8-11,19H,7,12-14H2,1-2H3,(H,24,25,29)/t19-/m1/s1. The number of H-pyrrole nitrogens is 1. The van der Waals surface area contributed by atoms with Gasteiger partial charge in [0.25, 0.3) is 11.5 Å². The molecule has 4 rings (SSSR count). The molecule has 0 saturated carbocycles. The SMILES string of the molecule is CN(C)C(=O)[C@H]1CN(C(=O)CCCc2nc3ccccc3c(=O)[nH]2)c2ccccc2O1. The number of hydrogen-bond donors (Lipinski definition) is 1. The molecular formula is C23H24N4O4. The molecule has 8 nitrogen and oxygen atoms in total. The van der Waals surface area contributed by atoms with Gasteiger partial charge in [-0.1, -0.05) is 24.3 Å². The number of carbonyl (C=O) groups excluding carboxylic acids is 2. The predicted molar refractivity (Wildman–Crippen MR) is 117 cm³/mol. The molecule has 0 unspecified atom stereocenters. The predicted octanol–water partition coefficient (Wildman–Crippen LogP) is 2.13. The highest BCUT2D eigenvalue weighted by Crippen LogP contribution is 2.34. The van der Waals surface area contributed by atoms with E-state index in [2.05, 4.69) is 9.97 Å². The molecule has 0 saturated heterocycles. The normalized spacial score (nSPS) is 15.3. The summed E-state index contributed by atoms with van der Waals surface area (Å²) in [5.41, 5.74) is 1.12. The Balaban J connectivity index is 1.46. The van der Waals surface area contributed by atoms with Crippen molar-refractivity contribution >= 4 is 28.4 Å². The molecule has 2 aromatic carbocycles. The number of nitrogens with zero attached hydrogens (tertiary/aromatic N) is 3. The number of aromatic nitrogens is 2. The van der Waals surface area contributed by atoms with E-state index in [1.54, 1.807) is 43.3 Å². The van der Waals surface area contributed by atoms with Gasteiger partial charge in [-0.25, -0.2) is 4.98 Å². The number of anilines is 1. The number of carbonyl (C=O) groups is 2. The fourth-order valence-electron chi connectivity index (χ4n) is 3.68. The van der Waals surface area contributed by atoms with E-state index in [4.69, 9.17) is 4.74 Å². The van der Waals surface area contributed by atoms with Crippen molar-refractivity contribution in [2.75, 3.05) is 25.5 Å². The van der Waals surface area contributed by atoms with Crippen LogP contribution >= 0.6 is 0 Å². The van der Waals surface area contributed by atoms with Crippen LogP contribution in [0.15, 0.2) is 53.3 Å². The van der Waals surface area contributed by atoms with Crippen molar-refractivity contribution < 1.29 is 14.3 Å². The van der Waals surface area contributed by atoms with Crippen LogP contribution in [0.1, 0.15) is 18.7 Å². The van der Waals surface area contributed by atoms with Crippen LogP contribution in [0.2, 0.25) is 0 Å². The Morgan fingerprint density at radius 3 is 2.71 bits per heavy atom. The number of aryl methyl sites for hydroxylation is 1. The molecule has 2 amide bonds. The van der Waals surface area contributed by atoms with Crippen LogP contribution in [0, 0.1) is 0 Å². The second-order valence-electron chi connectivity index (χ2n) is 7.69. The van der Waals surface area contributed by atoms with Crippen LogP contribution in [-0.4, -0.2) is 53.4 Å². The highest BCUT2D eigenvalue weighted by Gasteiger charge is 2.34. The van der Waals surface area contributed by atoms with E-state index in [9.17, 15) is 14.4 Å². The van der Waals surface area contributed by atoms with Gasteiger partial charge in [-0.15, -0.1) is 0 Å². The molecule has 1 atom stereocenters. The summed E-state index contributed by atoms with van der Waals surface area (Å²) in [7, 11) is 3.32. The third-order valence-electron chi connectivity index (χ3n) is 5.26. The summed E-state index contributed by atoms with van der Waals surface area (Å²) >= 11 is 0. The maximum absolute atomic E-state index is 13.0. The van der Waals surface area contributed by atoms with E-state index in [1.807, 2.05) is 24.3 Å². The maximum Gasteiger partial charge on any atom is 0.265 e. The number of para-hydroxylation sites is 3. The minimum absolute atomic E-state index is 0.101. The van der Waals surface area contributed by atoms with E-state index in [0.717, 1.165) is 0 Å². The van der Waals surface area contributed by atoms with Crippen LogP contribution < -0.4 is 15.2 Å². The summed E-state index contributed by atoms with van der Waals surface area (Å²) in [5.74, 6) is 0.781. The number of hydrogen-bond acceptors (Lipinski definition) is 5. The molecule has 3 aromatic rings. The molecule has 160 valence electrons. The van der Waals surface area contributed by atoms with Crippen molar-refractivity contribution in [2.24, 2.45) is 0 Å². The van der Waals surface area contributed by atoms with Gasteiger partial charge in [-0.3, -0.25) is 14.4 Å². The summed E-state index contributed by atoms with van der Waals surface area (Å²) in [6.07, 6.45) is 0.504. The zero-order valence-electron chi connectivity index (χ0n) is 17.5. The zero-order chi connectivity index (χ0) is 22.0.